The van der Waals surface area contributed by atoms with Crippen LogP contribution in [0, 0.1) is 5.82 Å². The number of halogens is 1. The van der Waals surface area contributed by atoms with Crippen LogP contribution in [0.1, 0.15) is 53.7 Å². The highest BCUT2D eigenvalue weighted by molar-refractivity contribution is 5.95. The van der Waals surface area contributed by atoms with Crippen LogP contribution in [0.5, 0.6) is 0 Å². The van der Waals surface area contributed by atoms with E-state index in [0.717, 1.165) is 61.1 Å². The maximum absolute atomic E-state index is 13.3. The minimum Gasteiger partial charge on any atom is -0.377 e. The fraction of sp³-hybridized carbons (Fsp3) is 0.417. The molecule has 2 heterocycles. The van der Waals surface area contributed by atoms with Crippen molar-refractivity contribution in [2.45, 2.75) is 38.7 Å². The normalized spacial score (nSPS) is 15.7. The summed E-state index contributed by atoms with van der Waals surface area (Å²) in [6, 6.07) is 12.2. The van der Waals surface area contributed by atoms with E-state index in [-0.39, 0.29) is 11.6 Å². The third kappa shape index (κ3) is 4.77. The molecular weight excluding hydrogens is 383 g/mol. The summed E-state index contributed by atoms with van der Waals surface area (Å²) in [6.45, 7) is 5.73. The second kappa shape index (κ2) is 9.49. The molecule has 0 atom stereocenters. The molecule has 1 aromatic heterocycles. The van der Waals surface area contributed by atoms with Crippen LogP contribution in [-0.4, -0.2) is 42.1 Å². The van der Waals surface area contributed by atoms with Gasteiger partial charge >= 0.3 is 0 Å². The van der Waals surface area contributed by atoms with Crippen LogP contribution >= 0.6 is 0 Å². The molecule has 0 amide bonds. The van der Waals surface area contributed by atoms with Gasteiger partial charge in [-0.2, -0.15) is 0 Å². The maximum atomic E-state index is 13.3. The Morgan fingerprint density at radius 3 is 2.83 bits per heavy atom. The fourth-order valence-corrected chi connectivity index (χ4v) is 4.22. The van der Waals surface area contributed by atoms with E-state index in [1.54, 1.807) is 13.0 Å². The van der Waals surface area contributed by atoms with Gasteiger partial charge in [-0.05, 0) is 57.0 Å². The average Bonchev–Trinajstić information content (AvgIpc) is 3.17. The van der Waals surface area contributed by atoms with Crippen LogP contribution < -0.4 is 0 Å². The molecule has 0 saturated carbocycles. The summed E-state index contributed by atoms with van der Waals surface area (Å²) in [5, 5.41) is 5.14. The third-order valence-electron chi connectivity index (χ3n) is 5.85. The molecule has 4 rings (SSSR count). The largest absolute Gasteiger partial charge is 0.377 e. The number of aromatic nitrogens is 1. The molecule has 0 bridgehead atoms. The number of ether oxygens (including phenoxy) is 1. The number of carbonyl (C=O) groups is 1. The highest BCUT2D eigenvalue weighted by atomic mass is 19.1. The van der Waals surface area contributed by atoms with E-state index in [1.165, 1.54) is 12.1 Å². The minimum atomic E-state index is -0.299. The summed E-state index contributed by atoms with van der Waals surface area (Å²) < 4.78 is 24.5. The first-order valence-electron chi connectivity index (χ1n) is 10.6. The van der Waals surface area contributed by atoms with Gasteiger partial charge in [-0.1, -0.05) is 29.4 Å². The minimum absolute atomic E-state index is 0.0714. The van der Waals surface area contributed by atoms with E-state index in [9.17, 15) is 9.18 Å². The Morgan fingerprint density at radius 2 is 2.03 bits per heavy atom. The SMILES string of the molecule is CC(=O)c1ccccc1COCCCN1CCC(c2noc3cc(F)ccc23)CC1. The quantitative estimate of drug-likeness (QED) is 0.388. The first-order valence-corrected chi connectivity index (χ1v) is 10.6. The lowest BCUT2D eigenvalue weighted by Gasteiger charge is -2.31. The molecule has 6 heteroatoms. The van der Waals surface area contributed by atoms with Gasteiger partial charge in [0.05, 0.1) is 12.3 Å². The van der Waals surface area contributed by atoms with Crippen LogP contribution in [0.15, 0.2) is 47.0 Å². The Hall–Kier alpha value is -2.57. The van der Waals surface area contributed by atoms with Crippen molar-refractivity contribution in [1.82, 2.24) is 10.1 Å². The van der Waals surface area contributed by atoms with Crippen molar-refractivity contribution in [3.8, 4) is 0 Å². The number of likely N-dealkylation sites (tertiary alicyclic amines) is 1. The number of Topliss-reactive ketones (excluding diaryl/α,β-unsaturated/α-hetero) is 1. The van der Waals surface area contributed by atoms with Gasteiger partial charge in [-0.3, -0.25) is 4.79 Å². The predicted molar refractivity (Wildman–Crippen MR) is 113 cm³/mol. The van der Waals surface area contributed by atoms with Crippen molar-refractivity contribution in [3.05, 3.63) is 65.1 Å². The third-order valence-corrected chi connectivity index (χ3v) is 5.85. The number of nitrogens with zero attached hydrogens (tertiary/aromatic N) is 2. The molecule has 1 fully saturated rings. The van der Waals surface area contributed by atoms with E-state index < -0.39 is 0 Å². The Labute approximate surface area is 175 Å². The number of fused-ring (bicyclic) bond motifs is 1. The van der Waals surface area contributed by atoms with Crippen molar-refractivity contribution >= 4 is 16.8 Å². The topological polar surface area (TPSA) is 55.6 Å². The van der Waals surface area contributed by atoms with E-state index in [2.05, 4.69) is 10.1 Å². The summed E-state index contributed by atoms with van der Waals surface area (Å²) in [7, 11) is 0. The predicted octanol–water partition coefficient (Wildman–Crippen LogP) is 4.96. The number of carbonyl (C=O) groups excluding carboxylic acids is 1. The van der Waals surface area contributed by atoms with Crippen LogP contribution in [-0.2, 0) is 11.3 Å². The highest BCUT2D eigenvalue weighted by Crippen LogP contribution is 2.32. The van der Waals surface area contributed by atoms with Gasteiger partial charge in [0, 0.05) is 36.1 Å². The number of hydrogen-bond donors (Lipinski definition) is 0. The molecule has 2 aromatic carbocycles. The first kappa shape index (κ1) is 20.7. The van der Waals surface area contributed by atoms with Crippen molar-refractivity contribution in [3.63, 3.8) is 0 Å². The average molecular weight is 410 g/mol. The number of piperidine rings is 1. The lowest BCUT2D eigenvalue weighted by Crippen LogP contribution is -2.34. The van der Waals surface area contributed by atoms with Gasteiger partial charge in [0.15, 0.2) is 11.4 Å². The molecule has 0 unspecified atom stereocenters. The number of rotatable bonds is 8. The van der Waals surface area contributed by atoms with Crippen LogP contribution in [0.4, 0.5) is 4.39 Å². The van der Waals surface area contributed by atoms with E-state index in [4.69, 9.17) is 9.26 Å². The van der Waals surface area contributed by atoms with E-state index in [0.29, 0.717) is 24.7 Å². The zero-order chi connectivity index (χ0) is 20.9. The molecule has 158 valence electrons. The summed E-state index contributed by atoms with van der Waals surface area (Å²) in [5.74, 6) is 0.126. The molecule has 1 aliphatic rings. The molecule has 0 spiro atoms. The van der Waals surface area contributed by atoms with E-state index >= 15 is 0 Å². The van der Waals surface area contributed by atoms with Gasteiger partial charge in [0.1, 0.15) is 5.82 Å². The standard InChI is InChI=1S/C24H27FN2O3/c1-17(28)21-6-3-2-5-19(21)16-29-14-4-11-27-12-9-18(10-13-27)24-22-8-7-20(25)15-23(22)30-26-24/h2-3,5-8,15,18H,4,9-14,16H2,1H3. The zero-order valence-electron chi connectivity index (χ0n) is 17.3. The number of benzene rings is 2. The molecule has 30 heavy (non-hydrogen) atoms. The summed E-state index contributed by atoms with van der Waals surface area (Å²) >= 11 is 0. The lowest BCUT2D eigenvalue weighted by atomic mass is 9.91. The second-order valence-electron chi connectivity index (χ2n) is 7.94. The van der Waals surface area contributed by atoms with Crippen molar-refractivity contribution in [2.24, 2.45) is 0 Å². The number of ketones is 1. The Bertz CT molecular complexity index is 1010. The summed E-state index contributed by atoms with van der Waals surface area (Å²) in [6.07, 6.45) is 3.00. The smallest absolute Gasteiger partial charge is 0.170 e. The summed E-state index contributed by atoms with van der Waals surface area (Å²) in [5.41, 5.74) is 3.17. The van der Waals surface area contributed by atoms with Crippen molar-refractivity contribution < 1.29 is 18.4 Å². The maximum Gasteiger partial charge on any atom is 0.170 e. The number of hydrogen-bond acceptors (Lipinski definition) is 5. The molecule has 0 N–H and O–H groups in total. The van der Waals surface area contributed by atoms with Crippen molar-refractivity contribution in [2.75, 3.05) is 26.2 Å². The molecule has 5 nitrogen and oxygen atoms in total. The van der Waals surface area contributed by atoms with Gasteiger partial charge in [-0.15, -0.1) is 0 Å². The Balaban J connectivity index is 1.20. The molecule has 1 aliphatic heterocycles. The second-order valence-corrected chi connectivity index (χ2v) is 7.94. The van der Waals surface area contributed by atoms with Crippen LogP contribution in [0.3, 0.4) is 0 Å². The Kier molecular flexibility index (Phi) is 6.55. The monoisotopic (exact) mass is 410 g/mol. The highest BCUT2D eigenvalue weighted by Gasteiger charge is 2.24. The lowest BCUT2D eigenvalue weighted by molar-refractivity contribution is 0.0970. The van der Waals surface area contributed by atoms with Gasteiger partial charge in [-0.25, -0.2) is 4.39 Å². The van der Waals surface area contributed by atoms with Gasteiger partial charge < -0.3 is 14.2 Å². The molecule has 3 aromatic rings. The summed E-state index contributed by atoms with van der Waals surface area (Å²) in [4.78, 5) is 14.1. The molecular formula is C24H27FN2O3. The molecule has 0 aliphatic carbocycles. The zero-order valence-corrected chi connectivity index (χ0v) is 17.3. The molecule has 0 radical (unpaired) electrons. The van der Waals surface area contributed by atoms with Crippen LogP contribution in [0.2, 0.25) is 0 Å². The van der Waals surface area contributed by atoms with Gasteiger partial charge in [0.2, 0.25) is 0 Å². The Morgan fingerprint density at radius 1 is 1.23 bits per heavy atom. The molecule has 1 saturated heterocycles. The van der Waals surface area contributed by atoms with Crippen molar-refractivity contribution in [1.29, 1.82) is 0 Å². The fourth-order valence-electron chi connectivity index (χ4n) is 4.22. The van der Waals surface area contributed by atoms with Gasteiger partial charge in [0.25, 0.3) is 0 Å². The first-order chi connectivity index (χ1) is 14.6. The van der Waals surface area contributed by atoms with Crippen LogP contribution in [0.25, 0.3) is 11.0 Å². The van der Waals surface area contributed by atoms with E-state index in [1.807, 2.05) is 24.3 Å².